The van der Waals surface area contributed by atoms with Gasteiger partial charge in [0.1, 0.15) is 0 Å². The van der Waals surface area contributed by atoms with Crippen molar-refractivity contribution in [2.75, 3.05) is 13.1 Å². The summed E-state index contributed by atoms with van der Waals surface area (Å²) < 4.78 is 0. The van der Waals surface area contributed by atoms with Crippen LogP contribution in [-0.2, 0) is 0 Å². The molecule has 1 fully saturated rings. The molecule has 3 rings (SSSR count). The number of pyridine rings is 1. The fraction of sp³-hybridized carbons (Fsp3) is 0.294. The molecule has 2 aromatic rings. The minimum Gasteiger partial charge on any atom is -0.338 e. The molecule has 20 heavy (non-hydrogen) atoms. The fourth-order valence-electron chi connectivity index (χ4n) is 2.80. The van der Waals surface area contributed by atoms with Crippen LogP contribution in [0.4, 0.5) is 0 Å². The van der Waals surface area contributed by atoms with E-state index in [-0.39, 0.29) is 5.91 Å². The molecule has 0 bridgehead atoms. The van der Waals surface area contributed by atoms with Crippen LogP contribution in [0.1, 0.15) is 33.8 Å². The SMILES string of the molecule is Cc1cncc(C(=O)N2CCC(c3ccccc3)C2)c1. The Morgan fingerprint density at radius 3 is 2.80 bits per heavy atom. The summed E-state index contributed by atoms with van der Waals surface area (Å²) in [7, 11) is 0. The van der Waals surface area contributed by atoms with Crippen LogP contribution in [-0.4, -0.2) is 28.9 Å². The van der Waals surface area contributed by atoms with Gasteiger partial charge in [0.15, 0.2) is 0 Å². The van der Waals surface area contributed by atoms with Gasteiger partial charge in [0.05, 0.1) is 5.56 Å². The number of amides is 1. The minimum atomic E-state index is 0.0969. The minimum absolute atomic E-state index is 0.0969. The van der Waals surface area contributed by atoms with Gasteiger partial charge in [-0.25, -0.2) is 0 Å². The Balaban J connectivity index is 1.73. The van der Waals surface area contributed by atoms with Gasteiger partial charge in [-0.15, -0.1) is 0 Å². The maximum absolute atomic E-state index is 12.5. The first-order valence-corrected chi connectivity index (χ1v) is 7.00. The Bertz CT molecular complexity index is 609. The lowest BCUT2D eigenvalue weighted by Crippen LogP contribution is -2.28. The lowest BCUT2D eigenvalue weighted by atomic mass is 9.99. The van der Waals surface area contributed by atoms with Gasteiger partial charge < -0.3 is 4.90 Å². The van der Waals surface area contributed by atoms with Gasteiger partial charge in [0.2, 0.25) is 0 Å². The quantitative estimate of drug-likeness (QED) is 0.837. The van der Waals surface area contributed by atoms with Crippen molar-refractivity contribution in [1.82, 2.24) is 9.88 Å². The molecule has 1 aliphatic heterocycles. The molecule has 1 aliphatic rings. The normalized spacial score (nSPS) is 18.2. The van der Waals surface area contributed by atoms with Crippen LogP contribution in [0.3, 0.4) is 0 Å². The highest BCUT2D eigenvalue weighted by Gasteiger charge is 2.27. The fourth-order valence-corrected chi connectivity index (χ4v) is 2.80. The first kappa shape index (κ1) is 12.9. The smallest absolute Gasteiger partial charge is 0.255 e. The van der Waals surface area contributed by atoms with Gasteiger partial charge in [0, 0.05) is 31.4 Å². The number of aromatic nitrogens is 1. The Labute approximate surface area is 119 Å². The van der Waals surface area contributed by atoms with E-state index >= 15 is 0 Å². The molecule has 1 amide bonds. The van der Waals surface area contributed by atoms with Crippen LogP contribution in [0.2, 0.25) is 0 Å². The van der Waals surface area contributed by atoms with E-state index in [2.05, 4.69) is 29.2 Å². The molecule has 1 unspecified atom stereocenters. The molecule has 0 radical (unpaired) electrons. The van der Waals surface area contributed by atoms with Crippen LogP contribution in [0.15, 0.2) is 48.8 Å². The van der Waals surface area contributed by atoms with Crippen molar-refractivity contribution < 1.29 is 4.79 Å². The number of aryl methyl sites for hydroxylation is 1. The van der Waals surface area contributed by atoms with Gasteiger partial charge in [-0.2, -0.15) is 0 Å². The molecule has 0 aliphatic carbocycles. The molecule has 1 aromatic carbocycles. The molecule has 2 heterocycles. The molecule has 0 saturated carbocycles. The summed E-state index contributed by atoms with van der Waals surface area (Å²) in [6, 6.07) is 12.3. The molecule has 1 saturated heterocycles. The summed E-state index contributed by atoms with van der Waals surface area (Å²) in [6.45, 7) is 3.59. The van der Waals surface area contributed by atoms with Crippen LogP contribution in [0.25, 0.3) is 0 Å². The molecular weight excluding hydrogens is 248 g/mol. The number of carbonyl (C=O) groups is 1. The third-order valence-electron chi connectivity index (χ3n) is 3.87. The number of hydrogen-bond donors (Lipinski definition) is 0. The van der Waals surface area contributed by atoms with E-state index in [9.17, 15) is 4.79 Å². The van der Waals surface area contributed by atoms with Crippen LogP contribution in [0, 0.1) is 6.92 Å². The van der Waals surface area contributed by atoms with Gasteiger partial charge >= 0.3 is 0 Å². The van der Waals surface area contributed by atoms with Crippen molar-refractivity contribution in [1.29, 1.82) is 0 Å². The van der Waals surface area contributed by atoms with Crippen molar-refractivity contribution in [3.8, 4) is 0 Å². The number of carbonyl (C=O) groups excluding carboxylic acids is 1. The maximum Gasteiger partial charge on any atom is 0.255 e. The Morgan fingerprint density at radius 1 is 1.25 bits per heavy atom. The second-order valence-electron chi connectivity index (χ2n) is 5.40. The number of hydrogen-bond acceptors (Lipinski definition) is 2. The first-order chi connectivity index (χ1) is 9.74. The standard InChI is InChI=1S/C17H18N2O/c1-13-9-16(11-18-10-13)17(20)19-8-7-15(12-19)14-5-3-2-4-6-14/h2-6,9-11,15H,7-8,12H2,1H3. The zero-order valence-corrected chi connectivity index (χ0v) is 11.6. The van der Waals surface area contributed by atoms with Gasteiger partial charge in [-0.05, 0) is 30.5 Å². The number of rotatable bonds is 2. The zero-order chi connectivity index (χ0) is 13.9. The van der Waals surface area contributed by atoms with E-state index in [0.717, 1.165) is 25.1 Å². The molecule has 3 nitrogen and oxygen atoms in total. The van der Waals surface area contributed by atoms with Crippen molar-refractivity contribution in [2.24, 2.45) is 0 Å². The van der Waals surface area contributed by atoms with E-state index in [0.29, 0.717) is 11.5 Å². The average Bonchev–Trinajstić information content (AvgIpc) is 2.97. The largest absolute Gasteiger partial charge is 0.338 e. The Hall–Kier alpha value is -2.16. The monoisotopic (exact) mass is 266 g/mol. The highest BCUT2D eigenvalue weighted by atomic mass is 16.2. The maximum atomic E-state index is 12.5. The summed E-state index contributed by atoms with van der Waals surface area (Å²) in [5.74, 6) is 0.553. The Kier molecular flexibility index (Phi) is 3.50. The molecule has 102 valence electrons. The first-order valence-electron chi connectivity index (χ1n) is 7.00. The molecule has 0 N–H and O–H groups in total. The van der Waals surface area contributed by atoms with E-state index in [1.165, 1.54) is 5.56 Å². The van der Waals surface area contributed by atoms with E-state index < -0.39 is 0 Å². The topological polar surface area (TPSA) is 33.2 Å². The highest BCUT2D eigenvalue weighted by molar-refractivity contribution is 5.94. The molecule has 1 atom stereocenters. The predicted molar refractivity (Wildman–Crippen MR) is 78.7 cm³/mol. The van der Waals surface area contributed by atoms with Crippen LogP contribution < -0.4 is 0 Å². The van der Waals surface area contributed by atoms with Crippen molar-refractivity contribution in [3.05, 3.63) is 65.5 Å². The summed E-state index contributed by atoms with van der Waals surface area (Å²) >= 11 is 0. The van der Waals surface area contributed by atoms with E-state index in [1.54, 1.807) is 12.4 Å². The van der Waals surface area contributed by atoms with Crippen molar-refractivity contribution in [3.63, 3.8) is 0 Å². The average molecular weight is 266 g/mol. The number of nitrogens with zero attached hydrogens (tertiary/aromatic N) is 2. The van der Waals surface area contributed by atoms with Crippen LogP contribution >= 0.6 is 0 Å². The third-order valence-corrected chi connectivity index (χ3v) is 3.87. The van der Waals surface area contributed by atoms with Crippen molar-refractivity contribution >= 4 is 5.91 Å². The summed E-state index contributed by atoms with van der Waals surface area (Å²) in [5.41, 5.74) is 3.04. The second kappa shape index (κ2) is 5.45. The summed E-state index contributed by atoms with van der Waals surface area (Å²) in [4.78, 5) is 18.5. The van der Waals surface area contributed by atoms with Gasteiger partial charge in [-0.1, -0.05) is 30.3 Å². The van der Waals surface area contributed by atoms with Crippen molar-refractivity contribution in [2.45, 2.75) is 19.3 Å². The van der Waals surface area contributed by atoms with Gasteiger partial charge in [-0.3, -0.25) is 9.78 Å². The lowest BCUT2D eigenvalue weighted by molar-refractivity contribution is 0.0790. The summed E-state index contributed by atoms with van der Waals surface area (Å²) in [6.07, 6.45) is 4.47. The lowest BCUT2D eigenvalue weighted by Gasteiger charge is -2.16. The van der Waals surface area contributed by atoms with Gasteiger partial charge in [0.25, 0.3) is 5.91 Å². The molecule has 3 heteroatoms. The number of likely N-dealkylation sites (tertiary alicyclic amines) is 1. The zero-order valence-electron chi connectivity index (χ0n) is 11.6. The number of benzene rings is 1. The Morgan fingerprint density at radius 2 is 2.05 bits per heavy atom. The molecule has 0 spiro atoms. The molecule has 1 aromatic heterocycles. The van der Waals surface area contributed by atoms with E-state index in [1.807, 2.05) is 24.0 Å². The second-order valence-corrected chi connectivity index (χ2v) is 5.40. The van der Waals surface area contributed by atoms with E-state index in [4.69, 9.17) is 0 Å². The van der Waals surface area contributed by atoms with Crippen LogP contribution in [0.5, 0.6) is 0 Å². The predicted octanol–water partition coefficient (Wildman–Crippen LogP) is 3.02. The third kappa shape index (κ3) is 2.57. The molecular formula is C17H18N2O. The highest BCUT2D eigenvalue weighted by Crippen LogP contribution is 2.27. The summed E-state index contributed by atoms with van der Waals surface area (Å²) in [5, 5.41) is 0.